The van der Waals surface area contributed by atoms with Crippen molar-refractivity contribution >= 4 is 26.5 Å². The van der Waals surface area contributed by atoms with E-state index in [1.54, 1.807) is 27.2 Å². The first-order chi connectivity index (χ1) is 8.76. The van der Waals surface area contributed by atoms with E-state index in [4.69, 9.17) is 0 Å². The molecular formula is C13H19BN4O. The molecule has 0 fully saturated rings. The Kier molecular flexibility index (Phi) is 4.59. The predicted octanol–water partition coefficient (Wildman–Crippen LogP) is 1.04. The summed E-state index contributed by atoms with van der Waals surface area (Å²) in [7, 11) is 1.67. The Morgan fingerprint density at radius 3 is 2.53 bits per heavy atom. The quantitative estimate of drug-likeness (QED) is 0.462. The second-order valence-electron chi connectivity index (χ2n) is 5.38. The molecule has 6 heteroatoms. The fraction of sp³-hybridized carbons (Fsp3) is 0.385. The van der Waals surface area contributed by atoms with Gasteiger partial charge in [0, 0.05) is 6.21 Å². The van der Waals surface area contributed by atoms with Crippen LogP contribution in [0.4, 0.5) is 0 Å². The lowest BCUT2D eigenvalue weighted by Crippen LogP contribution is -2.27. The SMILES string of the molecule is Bn1c(C)nc(C=C)c(/C=N\N=C\C(C)(C)C)c1=O. The molecule has 0 aliphatic heterocycles. The van der Waals surface area contributed by atoms with E-state index in [9.17, 15) is 4.79 Å². The zero-order valence-corrected chi connectivity index (χ0v) is 12.1. The lowest BCUT2D eigenvalue weighted by Gasteiger charge is -2.08. The molecule has 0 amide bonds. The molecule has 1 aromatic heterocycles. The van der Waals surface area contributed by atoms with Gasteiger partial charge >= 0.3 is 0 Å². The third kappa shape index (κ3) is 4.01. The molecular weight excluding hydrogens is 239 g/mol. The summed E-state index contributed by atoms with van der Waals surface area (Å²) in [6, 6.07) is 0. The Balaban J connectivity index is 3.18. The first-order valence-electron chi connectivity index (χ1n) is 6.04. The maximum atomic E-state index is 12.1. The van der Waals surface area contributed by atoms with Gasteiger partial charge in [-0.25, -0.2) is 4.98 Å². The van der Waals surface area contributed by atoms with Crippen LogP contribution in [-0.4, -0.2) is 29.9 Å². The molecule has 0 aromatic carbocycles. The zero-order valence-electron chi connectivity index (χ0n) is 12.1. The van der Waals surface area contributed by atoms with Gasteiger partial charge < -0.3 is 4.48 Å². The Bertz CT molecular complexity index is 594. The number of aryl methyl sites for hydroxylation is 1. The van der Waals surface area contributed by atoms with Crippen LogP contribution in [0.5, 0.6) is 0 Å². The molecule has 5 nitrogen and oxygen atoms in total. The van der Waals surface area contributed by atoms with Crippen LogP contribution in [0.15, 0.2) is 21.6 Å². The smallest absolute Gasteiger partial charge is 0.250 e. The number of rotatable bonds is 3. The standard InChI is InChI=1S/C13H19BN4O/c1-6-11-10(7-15-16-8-13(3,4)5)12(19)18(14)9(2)17-11/h6-8H,1,14H2,2-5H3/b15-7-,16-8+. The highest BCUT2D eigenvalue weighted by atomic mass is 16.1. The fourth-order valence-electron chi connectivity index (χ4n) is 1.32. The summed E-state index contributed by atoms with van der Waals surface area (Å²) in [5.41, 5.74) is 0.719. The van der Waals surface area contributed by atoms with E-state index in [1.165, 1.54) is 10.7 Å². The van der Waals surface area contributed by atoms with E-state index in [2.05, 4.69) is 21.8 Å². The topological polar surface area (TPSA) is 59.6 Å². The van der Waals surface area contributed by atoms with Gasteiger partial charge in [0.05, 0.1) is 23.3 Å². The van der Waals surface area contributed by atoms with E-state index in [0.717, 1.165) is 0 Å². The number of aromatic nitrogens is 2. The Labute approximate surface area is 114 Å². The van der Waals surface area contributed by atoms with Gasteiger partial charge in [-0.1, -0.05) is 27.4 Å². The largest absolute Gasteiger partial charge is 0.350 e. The van der Waals surface area contributed by atoms with Crippen LogP contribution in [0, 0.1) is 12.3 Å². The molecule has 0 atom stereocenters. The molecule has 0 saturated heterocycles. The summed E-state index contributed by atoms with van der Waals surface area (Å²) in [6.07, 6.45) is 4.69. The summed E-state index contributed by atoms with van der Waals surface area (Å²) in [4.78, 5) is 16.4. The van der Waals surface area contributed by atoms with Gasteiger partial charge in [-0.3, -0.25) is 4.79 Å². The normalized spacial score (nSPS) is 12.4. The lowest BCUT2D eigenvalue weighted by molar-refractivity contribution is 0.605. The molecule has 1 heterocycles. The van der Waals surface area contributed by atoms with Gasteiger partial charge in [0.1, 0.15) is 0 Å². The maximum absolute atomic E-state index is 12.1. The molecule has 0 bridgehead atoms. The first-order valence-corrected chi connectivity index (χ1v) is 6.04. The van der Waals surface area contributed by atoms with Gasteiger partial charge in [0.2, 0.25) is 13.5 Å². The molecule has 1 aromatic rings. The van der Waals surface area contributed by atoms with Gasteiger partial charge in [0.25, 0.3) is 0 Å². The molecule has 0 aliphatic carbocycles. The fourth-order valence-corrected chi connectivity index (χ4v) is 1.32. The summed E-state index contributed by atoms with van der Waals surface area (Å²) in [6.45, 7) is 11.5. The highest BCUT2D eigenvalue weighted by Crippen LogP contribution is 2.08. The Morgan fingerprint density at radius 1 is 1.37 bits per heavy atom. The first kappa shape index (κ1) is 15.1. The van der Waals surface area contributed by atoms with Crippen molar-refractivity contribution < 1.29 is 0 Å². The van der Waals surface area contributed by atoms with Gasteiger partial charge in [-0.2, -0.15) is 10.2 Å². The van der Waals surface area contributed by atoms with Crippen molar-refractivity contribution in [1.82, 2.24) is 9.46 Å². The molecule has 0 N–H and O–H groups in total. The van der Waals surface area contributed by atoms with E-state index in [-0.39, 0.29) is 11.0 Å². The minimum atomic E-state index is -0.155. The molecule has 0 spiro atoms. The van der Waals surface area contributed by atoms with Crippen LogP contribution in [-0.2, 0) is 0 Å². The minimum Gasteiger partial charge on any atom is -0.350 e. The molecule has 0 unspecified atom stereocenters. The van der Waals surface area contributed by atoms with Crippen LogP contribution in [0.25, 0.3) is 6.08 Å². The van der Waals surface area contributed by atoms with Gasteiger partial charge in [0.15, 0.2) is 0 Å². The van der Waals surface area contributed by atoms with Crippen molar-refractivity contribution in [2.75, 3.05) is 0 Å². The molecule has 0 radical (unpaired) electrons. The maximum Gasteiger partial charge on any atom is 0.250 e. The third-order valence-electron chi connectivity index (χ3n) is 2.47. The van der Waals surface area contributed by atoms with Gasteiger partial charge in [-0.15, -0.1) is 0 Å². The van der Waals surface area contributed by atoms with E-state index in [0.29, 0.717) is 17.1 Å². The number of hydrogen-bond acceptors (Lipinski definition) is 4. The second kappa shape index (κ2) is 5.78. The number of hydrogen-bond donors (Lipinski definition) is 0. The van der Waals surface area contributed by atoms with Crippen molar-refractivity contribution in [3.8, 4) is 0 Å². The van der Waals surface area contributed by atoms with Crippen LogP contribution in [0.3, 0.4) is 0 Å². The van der Waals surface area contributed by atoms with Gasteiger partial charge in [-0.05, 0) is 18.4 Å². The summed E-state index contributed by atoms with van der Waals surface area (Å²) < 4.78 is 1.47. The second-order valence-corrected chi connectivity index (χ2v) is 5.38. The molecule has 1 rings (SSSR count). The van der Waals surface area contributed by atoms with E-state index < -0.39 is 0 Å². The molecule has 0 aliphatic rings. The average molecular weight is 258 g/mol. The lowest BCUT2D eigenvalue weighted by atomic mass is 9.99. The number of nitrogens with zero attached hydrogens (tertiary/aromatic N) is 4. The van der Waals surface area contributed by atoms with E-state index >= 15 is 0 Å². The van der Waals surface area contributed by atoms with Crippen molar-refractivity contribution in [3.63, 3.8) is 0 Å². The van der Waals surface area contributed by atoms with Crippen LogP contribution < -0.4 is 5.56 Å². The average Bonchev–Trinajstić information content (AvgIpc) is 2.32. The minimum absolute atomic E-state index is 0.0465. The Morgan fingerprint density at radius 2 is 2.00 bits per heavy atom. The van der Waals surface area contributed by atoms with Crippen molar-refractivity contribution in [3.05, 3.63) is 34.0 Å². The monoisotopic (exact) mass is 258 g/mol. The molecule has 0 saturated carbocycles. The van der Waals surface area contributed by atoms with Crippen LogP contribution in [0.1, 0.15) is 37.9 Å². The summed E-state index contributed by atoms with van der Waals surface area (Å²) in [5, 5.41) is 7.85. The molecule has 19 heavy (non-hydrogen) atoms. The highest BCUT2D eigenvalue weighted by Gasteiger charge is 2.08. The van der Waals surface area contributed by atoms with Crippen molar-refractivity contribution in [1.29, 1.82) is 0 Å². The van der Waals surface area contributed by atoms with Crippen LogP contribution in [0.2, 0.25) is 0 Å². The zero-order chi connectivity index (χ0) is 14.6. The predicted molar refractivity (Wildman–Crippen MR) is 82.8 cm³/mol. The summed E-state index contributed by atoms with van der Waals surface area (Å²) >= 11 is 0. The Hall–Kier alpha value is -1.98. The van der Waals surface area contributed by atoms with Crippen molar-refractivity contribution in [2.24, 2.45) is 15.6 Å². The molecule has 100 valence electrons. The van der Waals surface area contributed by atoms with Crippen molar-refractivity contribution in [2.45, 2.75) is 27.7 Å². The van der Waals surface area contributed by atoms with Crippen LogP contribution >= 0.6 is 0 Å². The summed E-state index contributed by atoms with van der Waals surface area (Å²) in [5.74, 6) is 0.634. The van der Waals surface area contributed by atoms with E-state index in [1.807, 2.05) is 20.8 Å². The third-order valence-corrected chi connectivity index (χ3v) is 2.47. The highest BCUT2D eigenvalue weighted by molar-refractivity contribution is 6.07.